The fourth-order valence-corrected chi connectivity index (χ4v) is 3.08. The molecule has 1 aliphatic carbocycles. The Morgan fingerprint density at radius 1 is 1.35 bits per heavy atom. The van der Waals surface area contributed by atoms with E-state index >= 15 is 0 Å². The average molecular weight is 335 g/mol. The SMILES string of the molecule is Cc1nc(CNC2CC(c3cccc(Br)c3)C2)oc1C. The van der Waals surface area contributed by atoms with Gasteiger partial charge in [-0.15, -0.1) is 0 Å². The lowest BCUT2D eigenvalue weighted by Gasteiger charge is -2.36. The maximum absolute atomic E-state index is 5.58. The zero-order valence-electron chi connectivity index (χ0n) is 11.8. The number of rotatable bonds is 4. The highest BCUT2D eigenvalue weighted by molar-refractivity contribution is 9.10. The van der Waals surface area contributed by atoms with E-state index in [1.165, 1.54) is 18.4 Å². The molecule has 1 aliphatic rings. The molecule has 1 fully saturated rings. The molecule has 1 aromatic heterocycles. The van der Waals surface area contributed by atoms with E-state index in [-0.39, 0.29) is 0 Å². The van der Waals surface area contributed by atoms with Crippen LogP contribution in [0.2, 0.25) is 0 Å². The van der Waals surface area contributed by atoms with E-state index in [0.717, 1.165) is 28.4 Å². The van der Waals surface area contributed by atoms with E-state index in [9.17, 15) is 0 Å². The molecule has 3 nitrogen and oxygen atoms in total. The normalized spacial score (nSPS) is 21.8. The van der Waals surface area contributed by atoms with E-state index in [1.54, 1.807) is 0 Å². The first-order valence-corrected chi connectivity index (χ1v) is 7.83. The molecule has 0 spiro atoms. The molecule has 0 bridgehead atoms. The lowest BCUT2D eigenvalue weighted by atomic mass is 9.76. The molecule has 106 valence electrons. The highest BCUT2D eigenvalue weighted by Crippen LogP contribution is 2.37. The molecule has 0 atom stereocenters. The summed E-state index contributed by atoms with van der Waals surface area (Å²) in [6, 6.07) is 9.20. The Balaban J connectivity index is 1.49. The van der Waals surface area contributed by atoms with E-state index in [2.05, 4.69) is 50.5 Å². The van der Waals surface area contributed by atoms with Crippen LogP contribution >= 0.6 is 15.9 Å². The van der Waals surface area contributed by atoms with Crippen molar-refractivity contribution in [1.82, 2.24) is 10.3 Å². The molecule has 0 radical (unpaired) electrons. The Labute approximate surface area is 127 Å². The van der Waals surface area contributed by atoms with Gasteiger partial charge < -0.3 is 9.73 Å². The minimum absolute atomic E-state index is 0.575. The number of oxazole rings is 1. The van der Waals surface area contributed by atoms with Crippen molar-refractivity contribution in [2.24, 2.45) is 0 Å². The fourth-order valence-electron chi connectivity index (χ4n) is 2.66. The molecule has 2 aromatic rings. The molecule has 1 saturated carbocycles. The van der Waals surface area contributed by atoms with Gasteiger partial charge in [0.25, 0.3) is 0 Å². The van der Waals surface area contributed by atoms with Crippen molar-refractivity contribution in [3.8, 4) is 0 Å². The molecular formula is C16H19BrN2O. The van der Waals surface area contributed by atoms with Crippen molar-refractivity contribution in [3.63, 3.8) is 0 Å². The van der Waals surface area contributed by atoms with Gasteiger partial charge in [0.15, 0.2) is 0 Å². The van der Waals surface area contributed by atoms with Gasteiger partial charge in [0.1, 0.15) is 5.76 Å². The molecule has 3 rings (SSSR count). The second-order valence-electron chi connectivity index (χ2n) is 5.55. The minimum atomic E-state index is 0.575. The van der Waals surface area contributed by atoms with Gasteiger partial charge in [-0.1, -0.05) is 28.1 Å². The van der Waals surface area contributed by atoms with Crippen molar-refractivity contribution in [2.75, 3.05) is 0 Å². The van der Waals surface area contributed by atoms with Gasteiger partial charge in [0.2, 0.25) is 5.89 Å². The summed E-state index contributed by atoms with van der Waals surface area (Å²) in [5.41, 5.74) is 2.42. The number of halogens is 1. The number of aryl methyl sites for hydroxylation is 2. The van der Waals surface area contributed by atoms with E-state index < -0.39 is 0 Å². The molecule has 1 N–H and O–H groups in total. The van der Waals surface area contributed by atoms with E-state index in [0.29, 0.717) is 12.0 Å². The fraction of sp³-hybridized carbons (Fsp3) is 0.438. The molecule has 0 aliphatic heterocycles. The van der Waals surface area contributed by atoms with Crippen LogP contribution in [-0.4, -0.2) is 11.0 Å². The first-order chi connectivity index (χ1) is 9.61. The topological polar surface area (TPSA) is 38.1 Å². The molecule has 0 saturated heterocycles. The minimum Gasteiger partial charge on any atom is -0.444 e. The van der Waals surface area contributed by atoms with Crippen molar-refractivity contribution in [1.29, 1.82) is 0 Å². The van der Waals surface area contributed by atoms with Gasteiger partial charge in [-0.3, -0.25) is 0 Å². The lowest BCUT2D eigenvalue weighted by Crippen LogP contribution is -2.39. The van der Waals surface area contributed by atoms with Crippen molar-refractivity contribution >= 4 is 15.9 Å². The molecule has 20 heavy (non-hydrogen) atoms. The highest BCUT2D eigenvalue weighted by Gasteiger charge is 2.30. The van der Waals surface area contributed by atoms with Crippen LogP contribution in [0.4, 0.5) is 0 Å². The molecule has 1 aromatic carbocycles. The number of hydrogen-bond acceptors (Lipinski definition) is 3. The summed E-state index contributed by atoms with van der Waals surface area (Å²) in [7, 11) is 0. The molecule has 1 heterocycles. The lowest BCUT2D eigenvalue weighted by molar-refractivity contribution is 0.278. The van der Waals surface area contributed by atoms with Crippen LogP contribution in [0, 0.1) is 13.8 Å². The zero-order chi connectivity index (χ0) is 14.1. The molecule has 4 heteroatoms. The predicted molar refractivity (Wildman–Crippen MR) is 82.7 cm³/mol. The van der Waals surface area contributed by atoms with Gasteiger partial charge in [0, 0.05) is 10.5 Å². The van der Waals surface area contributed by atoms with Gasteiger partial charge in [-0.25, -0.2) is 4.98 Å². The quantitative estimate of drug-likeness (QED) is 0.915. The predicted octanol–water partition coefficient (Wildman–Crippen LogP) is 4.09. The third-order valence-electron chi connectivity index (χ3n) is 4.07. The number of hydrogen-bond donors (Lipinski definition) is 1. The summed E-state index contributed by atoms with van der Waals surface area (Å²) in [6.45, 7) is 4.66. The molecule has 0 unspecified atom stereocenters. The Morgan fingerprint density at radius 3 is 2.80 bits per heavy atom. The summed E-state index contributed by atoms with van der Waals surface area (Å²) in [4.78, 5) is 4.39. The van der Waals surface area contributed by atoms with Crippen molar-refractivity contribution < 1.29 is 4.42 Å². The van der Waals surface area contributed by atoms with Gasteiger partial charge in [0.05, 0.1) is 12.2 Å². The van der Waals surface area contributed by atoms with E-state index in [4.69, 9.17) is 4.42 Å². The number of aromatic nitrogens is 1. The summed E-state index contributed by atoms with van der Waals surface area (Å²) in [5, 5.41) is 3.52. The van der Waals surface area contributed by atoms with E-state index in [1.807, 2.05) is 13.8 Å². The summed E-state index contributed by atoms with van der Waals surface area (Å²) in [5.74, 6) is 2.39. The monoisotopic (exact) mass is 334 g/mol. The number of nitrogens with one attached hydrogen (secondary N) is 1. The van der Waals surface area contributed by atoms with Crippen LogP contribution in [0.15, 0.2) is 33.2 Å². The Morgan fingerprint density at radius 2 is 2.15 bits per heavy atom. The highest BCUT2D eigenvalue weighted by atomic mass is 79.9. The third kappa shape index (κ3) is 2.96. The van der Waals surface area contributed by atoms with Crippen LogP contribution in [-0.2, 0) is 6.54 Å². The maximum Gasteiger partial charge on any atom is 0.208 e. The Bertz CT molecular complexity index is 583. The van der Waals surface area contributed by atoms with Gasteiger partial charge in [-0.2, -0.15) is 0 Å². The third-order valence-corrected chi connectivity index (χ3v) is 4.57. The van der Waals surface area contributed by atoms with Crippen LogP contribution < -0.4 is 5.32 Å². The first kappa shape index (κ1) is 13.8. The van der Waals surface area contributed by atoms with Crippen molar-refractivity contribution in [2.45, 2.75) is 45.2 Å². The second-order valence-corrected chi connectivity index (χ2v) is 6.47. The van der Waals surface area contributed by atoms with Gasteiger partial charge in [-0.05, 0) is 50.3 Å². The summed E-state index contributed by atoms with van der Waals surface area (Å²) in [6.07, 6.45) is 2.38. The molecular weight excluding hydrogens is 316 g/mol. The first-order valence-electron chi connectivity index (χ1n) is 7.03. The Kier molecular flexibility index (Phi) is 3.94. The Hall–Kier alpha value is -1.13. The largest absolute Gasteiger partial charge is 0.444 e. The van der Waals surface area contributed by atoms with Crippen molar-refractivity contribution in [3.05, 3.63) is 51.6 Å². The zero-order valence-corrected chi connectivity index (χ0v) is 13.4. The molecule has 0 amide bonds. The van der Waals surface area contributed by atoms with Crippen LogP contribution in [0.3, 0.4) is 0 Å². The average Bonchev–Trinajstić information content (AvgIpc) is 2.67. The number of nitrogens with zero attached hydrogens (tertiary/aromatic N) is 1. The second kappa shape index (κ2) is 5.70. The van der Waals surface area contributed by atoms with Gasteiger partial charge >= 0.3 is 0 Å². The summed E-state index contributed by atoms with van der Waals surface area (Å²) >= 11 is 3.53. The smallest absolute Gasteiger partial charge is 0.208 e. The van der Waals surface area contributed by atoms with Crippen LogP contribution in [0.25, 0.3) is 0 Å². The summed E-state index contributed by atoms with van der Waals surface area (Å²) < 4.78 is 6.74. The standard InChI is InChI=1S/C16H19BrN2O/c1-10-11(2)20-16(19-10)9-18-15-7-13(8-15)12-4-3-5-14(17)6-12/h3-6,13,15,18H,7-9H2,1-2H3. The maximum atomic E-state index is 5.58. The van der Waals surface area contributed by atoms with Crippen LogP contribution in [0.1, 0.15) is 41.7 Å². The number of benzene rings is 1. The van der Waals surface area contributed by atoms with Crippen LogP contribution in [0.5, 0.6) is 0 Å².